The van der Waals surface area contributed by atoms with Crippen LogP contribution in [0.25, 0.3) is 11.1 Å². The van der Waals surface area contributed by atoms with E-state index in [1.807, 2.05) is 0 Å². The number of benzene rings is 2. The van der Waals surface area contributed by atoms with E-state index in [0.717, 1.165) is 6.07 Å². The molecule has 0 atom stereocenters. The van der Waals surface area contributed by atoms with Crippen molar-refractivity contribution >= 4 is 16.8 Å². The zero-order valence-corrected chi connectivity index (χ0v) is 11.2. The molecule has 0 aliphatic rings. The average molecular weight is 299 g/mol. The molecule has 0 spiro atoms. The lowest BCUT2D eigenvalue weighted by Gasteiger charge is -2.14. The van der Waals surface area contributed by atoms with E-state index in [0.29, 0.717) is 11.1 Å². The van der Waals surface area contributed by atoms with E-state index in [4.69, 9.17) is 11.6 Å². The van der Waals surface area contributed by atoms with Crippen molar-refractivity contribution < 1.29 is 18.0 Å². The Morgan fingerprint density at radius 1 is 1.05 bits per heavy atom. The molecule has 0 saturated heterocycles. The van der Waals surface area contributed by atoms with Gasteiger partial charge in [-0.15, -0.1) is 0 Å². The number of carbonyl (C=O) groups is 1. The van der Waals surface area contributed by atoms with Crippen LogP contribution in [0.3, 0.4) is 0 Å². The zero-order valence-electron chi connectivity index (χ0n) is 10.5. The quantitative estimate of drug-likeness (QED) is 0.708. The van der Waals surface area contributed by atoms with Gasteiger partial charge >= 0.3 is 6.18 Å². The Morgan fingerprint density at radius 3 is 2.25 bits per heavy atom. The van der Waals surface area contributed by atoms with Crippen molar-refractivity contribution in [3.8, 4) is 11.1 Å². The van der Waals surface area contributed by atoms with Crippen LogP contribution in [0.1, 0.15) is 21.5 Å². The highest BCUT2D eigenvalue weighted by molar-refractivity contribution is 6.67. The van der Waals surface area contributed by atoms with Gasteiger partial charge in [-0.05, 0) is 53.4 Å². The van der Waals surface area contributed by atoms with Crippen LogP contribution >= 0.6 is 11.6 Å². The van der Waals surface area contributed by atoms with Gasteiger partial charge in [0, 0.05) is 5.56 Å². The first-order valence-electron chi connectivity index (χ1n) is 5.78. The van der Waals surface area contributed by atoms with Crippen LogP contribution in [-0.2, 0) is 6.18 Å². The molecular weight excluding hydrogens is 289 g/mol. The number of alkyl halides is 3. The van der Waals surface area contributed by atoms with Gasteiger partial charge in [0.05, 0.1) is 5.56 Å². The monoisotopic (exact) mass is 298 g/mol. The smallest absolute Gasteiger partial charge is 0.276 e. The van der Waals surface area contributed by atoms with Crippen LogP contribution in [-0.4, -0.2) is 5.24 Å². The summed E-state index contributed by atoms with van der Waals surface area (Å²) in [5, 5.41) is -0.635. The maximum atomic E-state index is 13.0. The van der Waals surface area contributed by atoms with Gasteiger partial charge in [-0.3, -0.25) is 4.79 Å². The summed E-state index contributed by atoms with van der Waals surface area (Å²) >= 11 is 5.36. The van der Waals surface area contributed by atoms with Crippen LogP contribution in [0.5, 0.6) is 0 Å². The van der Waals surface area contributed by atoms with Crippen molar-refractivity contribution in [2.24, 2.45) is 0 Å². The first kappa shape index (κ1) is 14.6. The molecule has 0 saturated carbocycles. The van der Waals surface area contributed by atoms with E-state index in [2.05, 4.69) is 0 Å². The summed E-state index contributed by atoms with van der Waals surface area (Å²) in [6.45, 7) is 1.64. The summed E-state index contributed by atoms with van der Waals surface area (Å²) in [6, 6.07) is 9.73. The number of rotatable bonds is 2. The van der Waals surface area contributed by atoms with Crippen LogP contribution < -0.4 is 0 Å². The van der Waals surface area contributed by atoms with Gasteiger partial charge in [-0.25, -0.2) is 0 Å². The number of carbonyl (C=O) groups excluding carboxylic acids is 1. The van der Waals surface area contributed by atoms with Crippen molar-refractivity contribution in [1.29, 1.82) is 0 Å². The van der Waals surface area contributed by atoms with E-state index in [9.17, 15) is 18.0 Å². The standard InChI is InChI=1S/C15H10ClF3O/c1-9-8-10(14(16)20)6-7-11(9)12-4-2-3-5-13(12)15(17,18)19/h2-8H,1H3. The molecule has 0 unspecified atom stereocenters. The van der Waals surface area contributed by atoms with E-state index in [1.54, 1.807) is 13.0 Å². The van der Waals surface area contributed by atoms with Crippen molar-refractivity contribution in [3.63, 3.8) is 0 Å². The summed E-state index contributed by atoms with van der Waals surface area (Å²) < 4.78 is 39.0. The van der Waals surface area contributed by atoms with Gasteiger partial charge in [0.2, 0.25) is 0 Å². The summed E-state index contributed by atoms with van der Waals surface area (Å²) in [6.07, 6.45) is -4.43. The third-order valence-electron chi connectivity index (χ3n) is 2.98. The molecule has 104 valence electrons. The third kappa shape index (κ3) is 2.85. The fourth-order valence-electron chi connectivity index (χ4n) is 2.05. The molecule has 5 heteroatoms. The highest BCUT2D eigenvalue weighted by Crippen LogP contribution is 2.38. The molecule has 0 aliphatic carbocycles. The predicted molar refractivity (Wildman–Crippen MR) is 71.8 cm³/mol. The van der Waals surface area contributed by atoms with Crippen molar-refractivity contribution in [1.82, 2.24) is 0 Å². The molecule has 0 heterocycles. The molecule has 1 nitrogen and oxygen atoms in total. The van der Waals surface area contributed by atoms with E-state index >= 15 is 0 Å². The molecular formula is C15H10ClF3O. The van der Waals surface area contributed by atoms with E-state index < -0.39 is 17.0 Å². The lowest BCUT2D eigenvalue weighted by Crippen LogP contribution is -2.07. The molecule has 0 aliphatic heterocycles. The minimum Gasteiger partial charge on any atom is -0.276 e. The van der Waals surface area contributed by atoms with Gasteiger partial charge in [-0.1, -0.05) is 24.3 Å². The molecule has 2 rings (SSSR count). The Bertz CT molecular complexity index is 662. The number of aryl methyl sites for hydroxylation is 1. The zero-order chi connectivity index (χ0) is 14.9. The molecule has 0 radical (unpaired) electrons. The number of hydrogen-bond acceptors (Lipinski definition) is 1. The topological polar surface area (TPSA) is 17.1 Å². The number of hydrogen-bond donors (Lipinski definition) is 0. The summed E-state index contributed by atoms with van der Waals surface area (Å²) in [7, 11) is 0. The third-order valence-corrected chi connectivity index (χ3v) is 3.19. The summed E-state index contributed by atoms with van der Waals surface area (Å²) in [5.74, 6) is 0. The highest BCUT2D eigenvalue weighted by Gasteiger charge is 2.33. The van der Waals surface area contributed by atoms with Crippen molar-refractivity contribution in [2.75, 3.05) is 0 Å². The predicted octanol–water partition coefficient (Wildman–Crippen LogP) is 5.06. The van der Waals surface area contributed by atoms with E-state index in [1.165, 1.54) is 30.3 Å². The fourth-order valence-corrected chi connectivity index (χ4v) is 2.17. The summed E-state index contributed by atoms with van der Waals surface area (Å²) in [5.41, 5.74) is 0.643. The van der Waals surface area contributed by atoms with Gasteiger partial charge in [0.1, 0.15) is 0 Å². The van der Waals surface area contributed by atoms with Gasteiger partial charge in [0.25, 0.3) is 5.24 Å². The average Bonchev–Trinajstić information content (AvgIpc) is 2.37. The Kier molecular flexibility index (Phi) is 3.86. The largest absolute Gasteiger partial charge is 0.417 e. The summed E-state index contributed by atoms with van der Waals surface area (Å²) in [4.78, 5) is 11.1. The Hall–Kier alpha value is -1.81. The molecule has 2 aromatic rings. The first-order chi connectivity index (χ1) is 9.30. The minimum atomic E-state index is -4.43. The second-order valence-electron chi connectivity index (χ2n) is 4.35. The maximum Gasteiger partial charge on any atom is 0.417 e. The SMILES string of the molecule is Cc1cc(C(=O)Cl)ccc1-c1ccccc1C(F)(F)F. The van der Waals surface area contributed by atoms with Crippen LogP contribution in [0.2, 0.25) is 0 Å². The lowest BCUT2D eigenvalue weighted by molar-refractivity contribution is -0.137. The van der Waals surface area contributed by atoms with Crippen LogP contribution in [0, 0.1) is 6.92 Å². The van der Waals surface area contributed by atoms with Crippen LogP contribution in [0.15, 0.2) is 42.5 Å². The van der Waals surface area contributed by atoms with Gasteiger partial charge < -0.3 is 0 Å². The second kappa shape index (κ2) is 5.29. The van der Waals surface area contributed by atoms with Crippen LogP contribution in [0.4, 0.5) is 13.2 Å². The lowest BCUT2D eigenvalue weighted by atomic mass is 9.94. The van der Waals surface area contributed by atoms with Gasteiger partial charge in [0.15, 0.2) is 0 Å². The normalized spacial score (nSPS) is 11.4. The van der Waals surface area contributed by atoms with Gasteiger partial charge in [-0.2, -0.15) is 13.2 Å². The maximum absolute atomic E-state index is 13.0. The molecule has 2 aromatic carbocycles. The molecule has 0 N–H and O–H groups in total. The van der Waals surface area contributed by atoms with Crippen molar-refractivity contribution in [2.45, 2.75) is 13.1 Å². The molecule has 0 aromatic heterocycles. The Balaban J connectivity index is 2.61. The Labute approximate surface area is 119 Å². The molecule has 0 fully saturated rings. The molecule has 20 heavy (non-hydrogen) atoms. The first-order valence-corrected chi connectivity index (χ1v) is 6.15. The minimum absolute atomic E-state index is 0.0890. The fraction of sp³-hybridized carbons (Fsp3) is 0.133. The van der Waals surface area contributed by atoms with E-state index in [-0.39, 0.29) is 11.1 Å². The number of halogens is 4. The Morgan fingerprint density at radius 2 is 1.70 bits per heavy atom. The highest BCUT2D eigenvalue weighted by atomic mass is 35.5. The second-order valence-corrected chi connectivity index (χ2v) is 4.69. The van der Waals surface area contributed by atoms with Crippen molar-refractivity contribution in [3.05, 3.63) is 59.2 Å². The molecule has 0 amide bonds. The molecule has 0 bridgehead atoms.